The van der Waals surface area contributed by atoms with Gasteiger partial charge < -0.3 is 15.4 Å². The highest BCUT2D eigenvalue weighted by Gasteiger charge is 2.44. The molecular formula is C13H17FN2O. The van der Waals surface area contributed by atoms with Crippen molar-refractivity contribution in [2.45, 2.75) is 12.8 Å². The molecule has 2 aliphatic rings. The van der Waals surface area contributed by atoms with Gasteiger partial charge in [-0.05, 0) is 31.0 Å². The predicted octanol–water partition coefficient (Wildman–Crippen LogP) is 2.02. The predicted molar refractivity (Wildman–Crippen MR) is 65.5 cm³/mol. The van der Waals surface area contributed by atoms with Crippen molar-refractivity contribution in [3.63, 3.8) is 0 Å². The first kappa shape index (κ1) is 10.8. The third-order valence-electron chi connectivity index (χ3n) is 3.92. The maximum Gasteiger partial charge on any atom is 0.146 e. The molecule has 2 fully saturated rings. The molecule has 3 nitrogen and oxygen atoms in total. The Morgan fingerprint density at radius 3 is 2.65 bits per heavy atom. The van der Waals surface area contributed by atoms with E-state index in [-0.39, 0.29) is 5.82 Å². The highest BCUT2D eigenvalue weighted by atomic mass is 19.1. The number of rotatable bonds is 1. The lowest BCUT2D eigenvalue weighted by atomic mass is 9.73. The van der Waals surface area contributed by atoms with Gasteiger partial charge in [0.2, 0.25) is 0 Å². The minimum absolute atomic E-state index is 0.180. The quantitative estimate of drug-likeness (QED) is 0.758. The summed E-state index contributed by atoms with van der Waals surface area (Å²) >= 11 is 0. The van der Waals surface area contributed by atoms with Crippen LogP contribution in [0.3, 0.4) is 0 Å². The van der Waals surface area contributed by atoms with Crippen LogP contribution in [0.2, 0.25) is 0 Å². The second-order valence-electron chi connectivity index (χ2n) is 5.18. The van der Waals surface area contributed by atoms with Crippen molar-refractivity contribution < 1.29 is 9.13 Å². The minimum atomic E-state index is -0.180. The number of nitrogens with zero attached hydrogens (tertiary/aromatic N) is 1. The number of halogens is 1. The van der Waals surface area contributed by atoms with Gasteiger partial charge in [-0.1, -0.05) is 0 Å². The summed E-state index contributed by atoms with van der Waals surface area (Å²) in [6.07, 6.45) is 2.18. The van der Waals surface area contributed by atoms with E-state index in [0.29, 0.717) is 16.8 Å². The van der Waals surface area contributed by atoms with Crippen molar-refractivity contribution in [1.29, 1.82) is 0 Å². The Hall–Kier alpha value is -1.29. The molecule has 4 heteroatoms. The molecule has 1 aromatic rings. The second-order valence-corrected chi connectivity index (χ2v) is 5.18. The highest BCUT2D eigenvalue weighted by Crippen LogP contribution is 2.42. The van der Waals surface area contributed by atoms with E-state index in [1.165, 1.54) is 6.07 Å². The third-order valence-corrected chi connectivity index (χ3v) is 3.92. The number of ether oxygens (including phenoxy) is 1. The van der Waals surface area contributed by atoms with Crippen molar-refractivity contribution in [2.75, 3.05) is 36.9 Å². The molecule has 2 N–H and O–H groups in total. The van der Waals surface area contributed by atoms with Gasteiger partial charge in [0.1, 0.15) is 5.82 Å². The first-order chi connectivity index (χ1) is 8.19. The fourth-order valence-corrected chi connectivity index (χ4v) is 2.83. The normalized spacial score (nSPS) is 22.5. The smallest absolute Gasteiger partial charge is 0.146 e. The summed E-state index contributed by atoms with van der Waals surface area (Å²) in [6, 6.07) is 4.77. The number of hydrogen-bond donors (Lipinski definition) is 1. The molecule has 0 aliphatic carbocycles. The molecule has 0 radical (unpaired) electrons. The Balaban J connectivity index is 1.74. The molecule has 3 rings (SSSR count). The SMILES string of the molecule is Nc1ccc(F)c(N2CC3(CCOCC3)C2)c1. The van der Waals surface area contributed by atoms with Gasteiger partial charge in [0.05, 0.1) is 5.69 Å². The molecule has 17 heavy (non-hydrogen) atoms. The zero-order valence-electron chi connectivity index (χ0n) is 9.79. The maximum absolute atomic E-state index is 13.7. The third kappa shape index (κ3) is 1.86. The first-order valence-electron chi connectivity index (χ1n) is 6.06. The van der Waals surface area contributed by atoms with Crippen LogP contribution in [0.25, 0.3) is 0 Å². The van der Waals surface area contributed by atoms with E-state index >= 15 is 0 Å². The summed E-state index contributed by atoms with van der Waals surface area (Å²) in [5.41, 5.74) is 7.32. The highest BCUT2D eigenvalue weighted by molar-refractivity contribution is 5.58. The molecule has 0 amide bonds. The summed E-state index contributed by atoms with van der Waals surface area (Å²) < 4.78 is 19.0. The number of nitrogens with two attached hydrogens (primary N) is 1. The monoisotopic (exact) mass is 236 g/mol. The number of hydrogen-bond acceptors (Lipinski definition) is 3. The zero-order valence-corrected chi connectivity index (χ0v) is 9.79. The van der Waals surface area contributed by atoms with Crippen LogP contribution in [-0.4, -0.2) is 26.3 Å². The van der Waals surface area contributed by atoms with Crippen LogP contribution in [0.1, 0.15) is 12.8 Å². The van der Waals surface area contributed by atoms with Gasteiger partial charge in [-0.3, -0.25) is 0 Å². The van der Waals surface area contributed by atoms with Crippen molar-refractivity contribution in [1.82, 2.24) is 0 Å². The lowest BCUT2D eigenvalue weighted by Gasteiger charge is -2.53. The molecular weight excluding hydrogens is 219 g/mol. The fourth-order valence-electron chi connectivity index (χ4n) is 2.83. The molecule has 2 saturated heterocycles. The lowest BCUT2D eigenvalue weighted by Crippen LogP contribution is -2.58. The van der Waals surface area contributed by atoms with Crippen molar-refractivity contribution in [3.05, 3.63) is 24.0 Å². The molecule has 0 saturated carbocycles. The Labute approximate surface area is 100 Å². The van der Waals surface area contributed by atoms with Gasteiger partial charge in [-0.25, -0.2) is 4.39 Å². The number of nitrogen functional groups attached to an aromatic ring is 1. The van der Waals surface area contributed by atoms with E-state index in [4.69, 9.17) is 10.5 Å². The fraction of sp³-hybridized carbons (Fsp3) is 0.538. The van der Waals surface area contributed by atoms with Crippen LogP contribution in [-0.2, 0) is 4.74 Å². The Bertz CT molecular complexity index is 421. The average molecular weight is 236 g/mol. The van der Waals surface area contributed by atoms with Crippen molar-refractivity contribution >= 4 is 11.4 Å². The van der Waals surface area contributed by atoms with Crippen molar-refractivity contribution in [2.24, 2.45) is 5.41 Å². The van der Waals surface area contributed by atoms with Gasteiger partial charge in [-0.2, -0.15) is 0 Å². The maximum atomic E-state index is 13.7. The van der Waals surface area contributed by atoms with E-state index in [9.17, 15) is 4.39 Å². The minimum Gasteiger partial charge on any atom is -0.399 e. The molecule has 0 aromatic heterocycles. The summed E-state index contributed by atoms with van der Waals surface area (Å²) in [5, 5.41) is 0. The summed E-state index contributed by atoms with van der Waals surface area (Å²) in [6.45, 7) is 3.54. The lowest BCUT2D eigenvalue weighted by molar-refractivity contribution is -0.000383. The molecule has 0 bridgehead atoms. The topological polar surface area (TPSA) is 38.5 Å². The van der Waals surface area contributed by atoms with Crippen LogP contribution in [0.15, 0.2) is 18.2 Å². The molecule has 1 spiro atoms. The van der Waals surface area contributed by atoms with E-state index in [2.05, 4.69) is 4.90 Å². The van der Waals surface area contributed by atoms with Gasteiger partial charge in [-0.15, -0.1) is 0 Å². The Kier molecular flexibility index (Phi) is 2.47. The number of anilines is 2. The second kappa shape index (κ2) is 3.88. The standard InChI is InChI=1S/C13H17FN2O/c14-11-2-1-10(15)7-12(11)16-8-13(9-16)3-5-17-6-4-13/h1-2,7H,3-6,8-9,15H2. The van der Waals surface area contributed by atoms with E-state index in [1.54, 1.807) is 12.1 Å². The summed E-state index contributed by atoms with van der Waals surface area (Å²) in [7, 11) is 0. The summed E-state index contributed by atoms with van der Waals surface area (Å²) in [5.74, 6) is -0.180. The molecule has 2 aliphatic heterocycles. The molecule has 92 valence electrons. The largest absolute Gasteiger partial charge is 0.399 e. The van der Waals surface area contributed by atoms with Gasteiger partial charge in [0.15, 0.2) is 0 Å². The van der Waals surface area contributed by atoms with Gasteiger partial charge in [0.25, 0.3) is 0 Å². The summed E-state index contributed by atoms with van der Waals surface area (Å²) in [4.78, 5) is 2.08. The Morgan fingerprint density at radius 1 is 1.24 bits per heavy atom. The molecule has 0 unspecified atom stereocenters. The Morgan fingerprint density at radius 2 is 1.94 bits per heavy atom. The molecule has 1 aromatic carbocycles. The van der Waals surface area contributed by atoms with Gasteiger partial charge in [0, 0.05) is 37.4 Å². The van der Waals surface area contributed by atoms with Crippen LogP contribution in [0.5, 0.6) is 0 Å². The number of benzene rings is 1. The van der Waals surface area contributed by atoms with E-state index in [0.717, 1.165) is 39.1 Å². The van der Waals surface area contributed by atoms with E-state index < -0.39 is 0 Å². The van der Waals surface area contributed by atoms with Crippen molar-refractivity contribution in [3.8, 4) is 0 Å². The zero-order chi connectivity index (χ0) is 11.9. The van der Waals surface area contributed by atoms with Crippen LogP contribution in [0.4, 0.5) is 15.8 Å². The molecule has 2 heterocycles. The van der Waals surface area contributed by atoms with Crippen LogP contribution < -0.4 is 10.6 Å². The average Bonchev–Trinajstić information content (AvgIpc) is 2.30. The molecule has 0 atom stereocenters. The van der Waals surface area contributed by atoms with E-state index in [1.807, 2.05) is 0 Å². The van der Waals surface area contributed by atoms with Crippen LogP contribution >= 0.6 is 0 Å². The van der Waals surface area contributed by atoms with Crippen LogP contribution in [0, 0.1) is 11.2 Å². The first-order valence-corrected chi connectivity index (χ1v) is 6.06. The van der Waals surface area contributed by atoms with Gasteiger partial charge >= 0.3 is 0 Å².